The number of carbonyl (C=O) groups is 2. The number of carbonyl (C=O) groups excluding carboxylic acids is 2. The predicted molar refractivity (Wildman–Crippen MR) is 128 cm³/mol. The number of amides is 2. The van der Waals surface area contributed by atoms with Gasteiger partial charge >= 0.3 is 6.09 Å². The highest BCUT2D eigenvalue weighted by Crippen LogP contribution is 2.35. The normalized spacial score (nSPS) is 15.7. The lowest BCUT2D eigenvalue weighted by Crippen LogP contribution is -2.60. The molecule has 0 bridgehead atoms. The van der Waals surface area contributed by atoms with E-state index in [4.69, 9.17) is 4.74 Å². The molecule has 0 unspecified atom stereocenters. The van der Waals surface area contributed by atoms with Crippen molar-refractivity contribution in [1.29, 1.82) is 0 Å². The lowest BCUT2D eigenvalue weighted by Gasteiger charge is -2.39. The molecule has 2 aromatic carbocycles. The van der Waals surface area contributed by atoms with E-state index in [1.807, 2.05) is 69.5 Å². The number of nitrogens with zero attached hydrogens (tertiary/aromatic N) is 1. The van der Waals surface area contributed by atoms with Crippen molar-refractivity contribution in [1.82, 2.24) is 5.32 Å². The summed E-state index contributed by atoms with van der Waals surface area (Å²) in [6.07, 6.45) is 5.44. The van der Waals surface area contributed by atoms with Crippen molar-refractivity contribution in [3.05, 3.63) is 54.6 Å². The van der Waals surface area contributed by atoms with Crippen LogP contribution >= 0.6 is 11.9 Å². The second-order valence-corrected chi connectivity index (χ2v) is 9.69. The molecule has 1 saturated carbocycles. The van der Waals surface area contributed by atoms with E-state index < -0.39 is 17.2 Å². The number of benzene rings is 2. The van der Waals surface area contributed by atoms with Gasteiger partial charge in [0.2, 0.25) is 0 Å². The molecule has 0 radical (unpaired) electrons. The first-order chi connectivity index (χ1) is 14.7. The van der Waals surface area contributed by atoms with E-state index in [2.05, 4.69) is 17.4 Å². The van der Waals surface area contributed by atoms with Crippen LogP contribution in [0.3, 0.4) is 0 Å². The van der Waals surface area contributed by atoms with Crippen LogP contribution in [-0.4, -0.2) is 29.4 Å². The van der Waals surface area contributed by atoms with Gasteiger partial charge in [0.1, 0.15) is 11.1 Å². The zero-order valence-corrected chi connectivity index (χ0v) is 19.6. The van der Waals surface area contributed by atoms with Crippen molar-refractivity contribution in [2.75, 3.05) is 10.6 Å². The second-order valence-electron chi connectivity index (χ2n) is 8.96. The first kappa shape index (κ1) is 23.2. The molecule has 2 aromatic rings. The molecule has 0 heterocycles. The topological polar surface area (TPSA) is 58.6 Å². The number of anilines is 1. The van der Waals surface area contributed by atoms with Gasteiger partial charge in [0.05, 0.1) is 5.69 Å². The summed E-state index contributed by atoms with van der Waals surface area (Å²) in [6, 6.07) is 18.1. The molecule has 0 spiro atoms. The summed E-state index contributed by atoms with van der Waals surface area (Å²) in [5.41, 5.74) is 1.47. The Bertz CT molecular complexity index is 885. The molecule has 1 aliphatic carbocycles. The van der Waals surface area contributed by atoms with Gasteiger partial charge in [-0.05, 0) is 68.8 Å². The molecule has 0 aromatic heterocycles. The fourth-order valence-corrected chi connectivity index (χ4v) is 4.64. The Labute approximate surface area is 189 Å². The van der Waals surface area contributed by atoms with Gasteiger partial charge in [0.25, 0.3) is 5.91 Å². The average molecular weight is 441 g/mol. The molecule has 1 N–H and O–H groups in total. The highest BCUT2D eigenvalue weighted by atomic mass is 32.2. The maximum absolute atomic E-state index is 13.7. The van der Waals surface area contributed by atoms with E-state index in [0.29, 0.717) is 12.8 Å². The number of nitrogens with one attached hydrogen (secondary N) is 1. The van der Waals surface area contributed by atoms with E-state index in [1.54, 1.807) is 4.31 Å². The average Bonchev–Trinajstić information content (AvgIpc) is 2.74. The molecule has 31 heavy (non-hydrogen) atoms. The third-order valence-corrected chi connectivity index (χ3v) is 6.17. The zero-order chi connectivity index (χ0) is 22.5. The van der Waals surface area contributed by atoms with Gasteiger partial charge in [-0.2, -0.15) is 0 Å². The van der Waals surface area contributed by atoms with Crippen molar-refractivity contribution in [3.63, 3.8) is 0 Å². The smallest absolute Gasteiger partial charge is 0.408 e. The Morgan fingerprint density at radius 3 is 2.06 bits per heavy atom. The van der Waals surface area contributed by atoms with Gasteiger partial charge in [-0.25, -0.2) is 4.79 Å². The Balaban J connectivity index is 1.84. The molecule has 6 heteroatoms. The van der Waals surface area contributed by atoms with Gasteiger partial charge in [-0.3, -0.25) is 9.10 Å². The first-order valence-electron chi connectivity index (χ1n) is 10.8. The summed E-state index contributed by atoms with van der Waals surface area (Å²) >= 11 is 1.36. The van der Waals surface area contributed by atoms with Crippen LogP contribution in [0.4, 0.5) is 10.5 Å². The molecule has 1 aliphatic rings. The summed E-state index contributed by atoms with van der Waals surface area (Å²) in [5.74, 6) is -0.0991. The summed E-state index contributed by atoms with van der Waals surface area (Å²) in [5, 5.41) is 2.94. The number of alkyl carbamates (subject to hydrolysis) is 1. The Kier molecular flexibility index (Phi) is 7.31. The molecule has 166 valence electrons. The third kappa shape index (κ3) is 5.82. The van der Waals surface area contributed by atoms with E-state index in [9.17, 15) is 9.59 Å². The zero-order valence-electron chi connectivity index (χ0n) is 18.8. The molecule has 3 rings (SSSR count). The Morgan fingerprint density at radius 2 is 1.52 bits per heavy atom. The van der Waals surface area contributed by atoms with Crippen molar-refractivity contribution < 1.29 is 14.3 Å². The maximum atomic E-state index is 13.7. The van der Waals surface area contributed by atoms with Gasteiger partial charge in [-0.1, -0.05) is 61.7 Å². The van der Waals surface area contributed by atoms with Crippen molar-refractivity contribution >= 4 is 29.6 Å². The van der Waals surface area contributed by atoms with E-state index in [1.165, 1.54) is 11.9 Å². The Morgan fingerprint density at radius 1 is 0.935 bits per heavy atom. The summed E-state index contributed by atoms with van der Waals surface area (Å²) in [4.78, 5) is 26.3. The fourth-order valence-electron chi connectivity index (χ4n) is 3.97. The van der Waals surface area contributed by atoms with Gasteiger partial charge in [-0.15, -0.1) is 0 Å². The number of ether oxygens (including phenoxy) is 1. The molecular formula is C25H32N2O3S. The summed E-state index contributed by atoms with van der Waals surface area (Å²) in [6.45, 7) is 5.47. The van der Waals surface area contributed by atoms with Crippen LogP contribution in [-0.2, 0) is 9.53 Å². The van der Waals surface area contributed by atoms with E-state index >= 15 is 0 Å². The summed E-state index contributed by atoms with van der Waals surface area (Å²) < 4.78 is 7.16. The van der Waals surface area contributed by atoms with Crippen LogP contribution in [0.2, 0.25) is 0 Å². The first-order valence-corrected chi connectivity index (χ1v) is 12.0. The largest absolute Gasteiger partial charge is 0.444 e. The molecule has 0 aliphatic heterocycles. The number of hydrogen-bond donors (Lipinski definition) is 1. The predicted octanol–water partition coefficient (Wildman–Crippen LogP) is 6.19. The molecule has 2 amide bonds. The fraction of sp³-hybridized carbons (Fsp3) is 0.440. The van der Waals surface area contributed by atoms with Crippen LogP contribution in [0.5, 0.6) is 0 Å². The summed E-state index contributed by atoms with van der Waals surface area (Å²) in [7, 11) is 0. The van der Waals surface area contributed by atoms with Crippen LogP contribution in [0.15, 0.2) is 54.6 Å². The number of rotatable bonds is 5. The lowest BCUT2D eigenvalue weighted by atomic mass is 9.81. The van der Waals surface area contributed by atoms with Gasteiger partial charge in [0.15, 0.2) is 0 Å². The highest BCUT2D eigenvalue weighted by Gasteiger charge is 2.44. The van der Waals surface area contributed by atoms with Crippen LogP contribution < -0.4 is 9.62 Å². The van der Waals surface area contributed by atoms with E-state index in [-0.39, 0.29) is 5.91 Å². The molecule has 1 fully saturated rings. The third-order valence-electron chi connectivity index (χ3n) is 5.43. The number of hydrogen-bond acceptors (Lipinski definition) is 4. The van der Waals surface area contributed by atoms with Gasteiger partial charge < -0.3 is 10.1 Å². The van der Waals surface area contributed by atoms with Crippen LogP contribution in [0.1, 0.15) is 52.9 Å². The minimum absolute atomic E-state index is 0.0991. The molecule has 0 saturated heterocycles. The van der Waals surface area contributed by atoms with Crippen molar-refractivity contribution in [2.45, 2.75) is 64.0 Å². The van der Waals surface area contributed by atoms with Crippen LogP contribution in [0, 0.1) is 0 Å². The second kappa shape index (κ2) is 9.77. The Hall–Kier alpha value is -2.47. The highest BCUT2D eigenvalue weighted by molar-refractivity contribution is 8.00. The SMILES string of the molecule is CSN(C(=O)C1(NC(=O)OC(C)(C)C)CCCCC1)c1ccc(-c2ccccc2)cc1. The quantitative estimate of drug-likeness (QED) is 0.563. The maximum Gasteiger partial charge on any atom is 0.408 e. The molecular weight excluding hydrogens is 408 g/mol. The lowest BCUT2D eigenvalue weighted by molar-refractivity contribution is -0.125. The van der Waals surface area contributed by atoms with Crippen molar-refractivity contribution in [3.8, 4) is 11.1 Å². The minimum atomic E-state index is -0.943. The van der Waals surface area contributed by atoms with Crippen molar-refractivity contribution in [2.24, 2.45) is 0 Å². The van der Waals surface area contributed by atoms with Crippen LogP contribution in [0.25, 0.3) is 11.1 Å². The van der Waals surface area contributed by atoms with E-state index in [0.717, 1.165) is 36.1 Å². The molecule has 5 nitrogen and oxygen atoms in total. The molecule has 0 atom stereocenters. The monoisotopic (exact) mass is 440 g/mol. The van der Waals surface area contributed by atoms with Gasteiger partial charge in [0, 0.05) is 6.26 Å². The standard InChI is InChI=1S/C25H32N2O3S/c1-24(2,3)30-23(29)26-25(17-9-6-10-18-25)22(28)27(31-4)21-15-13-20(14-16-21)19-11-7-5-8-12-19/h5,7-8,11-16H,6,9-10,17-18H2,1-4H3,(H,26,29). The minimum Gasteiger partial charge on any atom is -0.444 e.